The first-order valence-electron chi connectivity index (χ1n) is 11.2. The smallest absolute Gasteiger partial charge is 0.271 e. The van der Waals surface area contributed by atoms with Crippen molar-refractivity contribution in [3.63, 3.8) is 0 Å². The summed E-state index contributed by atoms with van der Waals surface area (Å²) in [6.07, 6.45) is 2.01. The molecule has 0 atom stereocenters. The number of hydrogen-bond acceptors (Lipinski definition) is 5. The molecule has 0 bridgehead atoms. The van der Waals surface area contributed by atoms with Gasteiger partial charge in [-0.2, -0.15) is 5.26 Å². The molecule has 6 nitrogen and oxygen atoms in total. The van der Waals surface area contributed by atoms with Gasteiger partial charge in [0.2, 0.25) is 5.88 Å². The molecule has 0 spiro atoms. The van der Waals surface area contributed by atoms with E-state index in [9.17, 15) is 15.2 Å². The fourth-order valence-electron chi connectivity index (χ4n) is 3.88. The third-order valence-electron chi connectivity index (χ3n) is 5.95. The van der Waals surface area contributed by atoms with Crippen molar-refractivity contribution >= 4 is 11.9 Å². The van der Waals surface area contributed by atoms with Gasteiger partial charge in [0.15, 0.2) is 0 Å². The molecule has 0 aliphatic rings. The van der Waals surface area contributed by atoms with Crippen molar-refractivity contribution in [1.29, 1.82) is 5.26 Å². The number of benzene rings is 3. The van der Waals surface area contributed by atoms with Gasteiger partial charge in [-0.05, 0) is 59.9 Å². The van der Waals surface area contributed by atoms with Crippen LogP contribution in [-0.4, -0.2) is 23.0 Å². The largest absolute Gasteiger partial charge is 0.497 e. The number of aliphatic imine (C=N–C) groups is 1. The molecule has 0 amide bonds. The van der Waals surface area contributed by atoms with Crippen LogP contribution in [0.3, 0.4) is 0 Å². The molecule has 4 aromatic rings. The fraction of sp³-hybridized carbons (Fsp3) is 0.138. The Morgan fingerprint density at radius 2 is 1.66 bits per heavy atom. The Morgan fingerprint density at radius 3 is 2.29 bits per heavy atom. The topological polar surface area (TPSA) is 87.6 Å². The van der Waals surface area contributed by atoms with Gasteiger partial charge in [0, 0.05) is 12.8 Å². The fourth-order valence-corrected chi connectivity index (χ4v) is 3.88. The van der Waals surface area contributed by atoms with E-state index >= 15 is 0 Å². The Balaban J connectivity index is 1.62. The maximum atomic E-state index is 12.9. The van der Waals surface area contributed by atoms with Crippen molar-refractivity contribution in [1.82, 2.24) is 4.57 Å². The van der Waals surface area contributed by atoms with Crippen LogP contribution < -0.4 is 10.3 Å². The maximum Gasteiger partial charge on any atom is 0.271 e. The standard InChI is InChI=1S/C29H25N3O3/c1-20-26(18-30)28(33)32(17-16-21-8-14-25(35-2)15-9-21)29(34)27(20)19-31-24-12-10-23(11-13-24)22-6-4-3-5-7-22/h3-15,19,34H,16-17H2,1-2H3. The molecule has 35 heavy (non-hydrogen) atoms. The van der Waals surface area contributed by atoms with Crippen LogP contribution in [0.1, 0.15) is 22.3 Å². The number of aromatic hydroxyl groups is 1. The Kier molecular flexibility index (Phi) is 7.08. The van der Waals surface area contributed by atoms with Gasteiger partial charge in [-0.15, -0.1) is 0 Å². The van der Waals surface area contributed by atoms with Crippen molar-refractivity contribution in [2.75, 3.05) is 7.11 Å². The van der Waals surface area contributed by atoms with Crippen molar-refractivity contribution < 1.29 is 9.84 Å². The zero-order chi connectivity index (χ0) is 24.8. The van der Waals surface area contributed by atoms with Gasteiger partial charge in [-0.1, -0.05) is 54.6 Å². The first-order valence-corrected chi connectivity index (χ1v) is 11.2. The molecule has 174 valence electrons. The first kappa shape index (κ1) is 23.5. The number of ether oxygens (including phenoxy) is 1. The van der Waals surface area contributed by atoms with Crippen LogP contribution in [0.25, 0.3) is 11.1 Å². The molecule has 0 saturated carbocycles. The van der Waals surface area contributed by atoms with Crippen LogP contribution >= 0.6 is 0 Å². The monoisotopic (exact) mass is 463 g/mol. The van der Waals surface area contributed by atoms with Gasteiger partial charge >= 0.3 is 0 Å². The van der Waals surface area contributed by atoms with E-state index < -0.39 is 5.56 Å². The highest BCUT2D eigenvalue weighted by molar-refractivity contribution is 5.87. The number of aromatic nitrogens is 1. The van der Waals surface area contributed by atoms with Crippen molar-refractivity contribution in [2.24, 2.45) is 4.99 Å². The van der Waals surface area contributed by atoms with E-state index in [2.05, 4.69) is 4.99 Å². The minimum atomic E-state index is -0.514. The summed E-state index contributed by atoms with van der Waals surface area (Å²) < 4.78 is 6.41. The SMILES string of the molecule is COc1ccc(CCn2c(O)c(C=Nc3ccc(-c4ccccc4)cc3)c(C)c(C#N)c2=O)cc1. The number of pyridine rings is 1. The van der Waals surface area contributed by atoms with Gasteiger partial charge in [0.1, 0.15) is 17.4 Å². The average Bonchev–Trinajstić information content (AvgIpc) is 2.90. The van der Waals surface area contributed by atoms with Gasteiger partial charge in [0.05, 0.1) is 18.4 Å². The van der Waals surface area contributed by atoms with Crippen LogP contribution in [0.5, 0.6) is 11.6 Å². The van der Waals surface area contributed by atoms with Crippen LogP contribution in [0.15, 0.2) is 88.6 Å². The molecule has 1 aromatic heterocycles. The molecule has 3 aromatic carbocycles. The number of nitrogens with zero attached hydrogens (tertiary/aromatic N) is 3. The van der Waals surface area contributed by atoms with E-state index in [-0.39, 0.29) is 18.0 Å². The van der Waals surface area contributed by atoms with Crippen LogP contribution in [0.2, 0.25) is 0 Å². The zero-order valence-electron chi connectivity index (χ0n) is 19.6. The molecule has 0 aliphatic heterocycles. The first-order chi connectivity index (χ1) is 17.0. The average molecular weight is 464 g/mol. The molecule has 1 N–H and O–H groups in total. The molecule has 0 saturated heterocycles. The summed E-state index contributed by atoms with van der Waals surface area (Å²) in [4.78, 5) is 17.4. The van der Waals surface area contributed by atoms with Crippen LogP contribution in [-0.2, 0) is 13.0 Å². The lowest BCUT2D eigenvalue weighted by molar-refractivity contribution is 0.404. The van der Waals surface area contributed by atoms with Crippen molar-refractivity contribution in [3.8, 4) is 28.8 Å². The molecule has 0 aliphatic carbocycles. The summed E-state index contributed by atoms with van der Waals surface area (Å²) in [5.74, 6) is 0.538. The maximum absolute atomic E-state index is 12.9. The number of rotatable bonds is 7. The molecule has 0 fully saturated rings. The summed E-state index contributed by atoms with van der Waals surface area (Å²) in [6.45, 7) is 1.87. The summed E-state index contributed by atoms with van der Waals surface area (Å²) in [7, 11) is 1.60. The van der Waals surface area contributed by atoms with E-state index in [1.165, 1.54) is 10.8 Å². The Hall–Kier alpha value is -4.63. The predicted octanol–water partition coefficient (Wildman–Crippen LogP) is 5.40. The predicted molar refractivity (Wildman–Crippen MR) is 138 cm³/mol. The second-order valence-corrected chi connectivity index (χ2v) is 8.08. The minimum absolute atomic E-state index is 0.00148. The van der Waals surface area contributed by atoms with E-state index in [0.717, 1.165) is 22.4 Å². The molecular formula is C29H25N3O3. The van der Waals surface area contributed by atoms with Gasteiger partial charge in [-0.3, -0.25) is 14.4 Å². The third kappa shape index (κ3) is 5.15. The molecule has 6 heteroatoms. The summed E-state index contributed by atoms with van der Waals surface area (Å²) in [5, 5.41) is 20.5. The highest BCUT2D eigenvalue weighted by atomic mass is 16.5. The third-order valence-corrected chi connectivity index (χ3v) is 5.95. The second-order valence-electron chi connectivity index (χ2n) is 8.08. The van der Waals surface area contributed by atoms with Crippen molar-refractivity contribution in [3.05, 3.63) is 111 Å². The van der Waals surface area contributed by atoms with Gasteiger partial charge < -0.3 is 9.84 Å². The summed E-state index contributed by atoms with van der Waals surface area (Å²) in [5.41, 5.74) is 4.09. The number of nitriles is 1. The quantitative estimate of drug-likeness (QED) is 0.372. The number of aryl methyl sites for hydroxylation is 1. The van der Waals surface area contributed by atoms with E-state index in [1.54, 1.807) is 14.0 Å². The summed E-state index contributed by atoms with van der Waals surface area (Å²) in [6, 6.07) is 27.2. The van der Waals surface area contributed by atoms with E-state index in [4.69, 9.17) is 4.74 Å². The molecular weight excluding hydrogens is 438 g/mol. The highest BCUT2D eigenvalue weighted by Crippen LogP contribution is 2.24. The van der Waals surface area contributed by atoms with E-state index in [1.807, 2.05) is 84.9 Å². The van der Waals surface area contributed by atoms with Crippen LogP contribution in [0, 0.1) is 18.3 Å². The lowest BCUT2D eigenvalue weighted by Crippen LogP contribution is -2.26. The number of hydrogen-bond donors (Lipinski definition) is 1. The lowest BCUT2D eigenvalue weighted by Gasteiger charge is -2.14. The lowest BCUT2D eigenvalue weighted by atomic mass is 10.0. The summed E-state index contributed by atoms with van der Waals surface area (Å²) >= 11 is 0. The Bertz CT molecular complexity index is 1450. The molecule has 4 rings (SSSR count). The van der Waals surface area contributed by atoms with Gasteiger partial charge in [0.25, 0.3) is 5.56 Å². The van der Waals surface area contributed by atoms with Crippen molar-refractivity contribution in [2.45, 2.75) is 19.9 Å². The number of methoxy groups -OCH3 is 1. The van der Waals surface area contributed by atoms with E-state index in [0.29, 0.717) is 23.2 Å². The van der Waals surface area contributed by atoms with Crippen LogP contribution in [0.4, 0.5) is 5.69 Å². The Morgan fingerprint density at radius 1 is 1.00 bits per heavy atom. The zero-order valence-corrected chi connectivity index (χ0v) is 19.6. The van der Waals surface area contributed by atoms with Gasteiger partial charge in [-0.25, -0.2) is 0 Å². The normalized spacial score (nSPS) is 10.9. The second kappa shape index (κ2) is 10.5. The molecule has 1 heterocycles. The molecule has 0 radical (unpaired) electrons. The Labute approximate surface area is 204 Å². The molecule has 0 unspecified atom stereocenters. The highest BCUT2D eigenvalue weighted by Gasteiger charge is 2.18. The minimum Gasteiger partial charge on any atom is -0.497 e.